The van der Waals surface area contributed by atoms with E-state index in [1.54, 1.807) is 29.7 Å². The van der Waals surface area contributed by atoms with Gasteiger partial charge in [0.15, 0.2) is 5.82 Å². The monoisotopic (exact) mass is 428 g/mol. The first-order chi connectivity index (χ1) is 15.5. The van der Waals surface area contributed by atoms with Gasteiger partial charge in [-0.15, -0.1) is 0 Å². The fourth-order valence-electron chi connectivity index (χ4n) is 5.19. The Bertz CT molecular complexity index is 1080. The normalized spacial score (nSPS) is 25.3. The van der Waals surface area contributed by atoms with E-state index in [-0.39, 0.29) is 17.1 Å². The highest BCUT2D eigenvalue weighted by Crippen LogP contribution is 2.46. The van der Waals surface area contributed by atoms with E-state index in [2.05, 4.69) is 69.6 Å². The third kappa shape index (κ3) is 3.52. The third-order valence-corrected chi connectivity index (χ3v) is 7.15. The molecule has 2 amide bonds. The van der Waals surface area contributed by atoms with Crippen molar-refractivity contribution >= 4 is 11.7 Å². The number of rotatable bonds is 4. The number of pyridine rings is 1. The molecule has 1 spiro atoms. The first-order valence-electron chi connectivity index (χ1n) is 11.1. The van der Waals surface area contributed by atoms with Gasteiger partial charge in [-0.2, -0.15) is 0 Å². The lowest BCUT2D eigenvalue weighted by Crippen LogP contribution is -2.54. The van der Waals surface area contributed by atoms with Gasteiger partial charge in [0.05, 0.1) is 30.2 Å². The van der Waals surface area contributed by atoms with E-state index in [0.29, 0.717) is 12.4 Å². The molecule has 32 heavy (non-hydrogen) atoms. The molecule has 2 aromatic heterocycles. The molecule has 0 bridgehead atoms. The van der Waals surface area contributed by atoms with Crippen molar-refractivity contribution in [3.63, 3.8) is 0 Å². The zero-order chi connectivity index (χ0) is 22.2. The summed E-state index contributed by atoms with van der Waals surface area (Å²) in [6.07, 6.45) is 10.8. The average Bonchev–Trinajstić information content (AvgIpc) is 3.16. The Balaban J connectivity index is 1.33. The van der Waals surface area contributed by atoms with Crippen LogP contribution in [0, 0.1) is 0 Å². The Morgan fingerprint density at radius 1 is 0.938 bits per heavy atom. The smallest absolute Gasteiger partial charge is 0.322 e. The number of amides is 2. The zero-order valence-corrected chi connectivity index (χ0v) is 18.5. The van der Waals surface area contributed by atoms with Crippen LogP contribution in [0.2, 0.25) is 0 Å². The molecule has 5 rings (SSSR count). The summed E-state index contributed by atoms with van der Waals surface area (Å²) >= 11 is 0. The maximum absolute atomic E-state index is 12.9. The Morgan fingerprint density at radius 3 is 2.28 bits per heavy atom. The Hall–Kier alpha value is -3.32. The van der Waals surface area contributed by atoms with Crippen LogP contribution in [0.3, 0.4) is 0 Å². The minimum atomic E-state index is -0.215. The van der Waals surface area contributed by atoms with E-state index < -0.39 is 0 Å². The number of benzene rings is 1. The number of nitrogens with one attached hydrogen (secondary N) is 1. The lowest BCUT2D eigenvalue weighted by atomic mass is 9.69. The van der Waals surface area contributed by atoms with Crippen molar-refractivity contribution in [2.75, 3.05) is 25.5 Å². The van der Waals surface area contributed by atoms with Crippen LogP contribution >= 0.6 is 0 Å². The maximum Gasteiger partial charge on any atom is 0.322 e. The van der Waals surface area contributed by atoms with E-state index in [1.807, 2.05) is 12.1 Å². The first-order valence-corrected chi connectivity index (χ1v) is 11.1. The van der Waals surface area contributed by atoms with Gasteiger partial charge >= 0.3 is 6.03 Å². The zero-order valence-electron chi connectivity index (χ0n) is 18.5. The molecule has 3 heterocycles. The van der Waals surface area contributed by atoms with Crippen molar-refractivity contribution in [1.29, 1.82) is 0 Å². The summed E-state index contributed by atoms with van der Waals surface area (Å²) in [7, 11) is 4.32. The van der Waals surface area contributed by atoms with Gasteiger partial charge in [-0.05, 0) is 57.5 Å². The van der Waals surface area contributed by atoms with Gasteiger partial charge in [-0.25, -0.2) is 14.8 Å². The summed E-state index contributed by atoms with van der Waals surface area (Å²) in [5, 5.41) is 3.30. The lowest BCUT2D eigenvalue weighted by molar-refractivity contribution is 0.0658. The lowest BCUT2D eigenvalue weighted by Gasteiger charge is -2.48. The molecule has 1 N–H and O–H groups in total. The van der Waals surface area contributed by atoms with Crippen molar-refractivity contribution < 1.29 is 4.79 Å². The molecular weight excluding hydrogens is 400 g/mol. The van der Waals surface area contributed by atoms with Crippen molar-refractivity contribution in [3.8, 4) is 11.4 Å². The predicted octanol–water partition coefficient (Wildman–Crippen LogP) is 3.84. The average molecular weight is 429 g/mol. The largest absolute Gasteiger partial charge is 0.330 e. The number of carbonyl (C=O) groups is 1. The molecule has 164 valence electrons. The summed E-state index contributed by atoms with van der Waals surface area (Å²) in [4.78, 5) is 30.1. The summed E-state index contributed by atoms with van der Waals surface area (Å²) in [5.74, 6) is 0.604. The Kier molecular flexibility index (Phi) is 5.13. The highest BCUT2D eigenvalue weighted by atomic mass is 16.2. The number of aromatic nitrogens is 3. The van der Waals surface area contributed by atoms with Gasteiger partial charge in [0.2, 0.25) is 0 Å². The van der Waals surface area contributed by atoms with Crippen molar-refractivity contribution in [3.05, 3.63) is 72.8 Å². The molecule has 1 aromatic carbocycles. The molecule has 7 nitrogen and oxygen atoms in total. The topological polar surface area (TPSA) is 74.2 Å². The van der Waals surface area contributed by atoms with Crippen LogP contribution in [0.1, 0.15) is 31.2 Å². The molecule has 0 unspecified atom stereocenters. The van der Waals surface area contributed by atoms with Gasteiger partial charge in [0.1, 0.15) is 0 Å². The number of urea groups is 1. The van der Waals surface area contributed by atoms with Crippen LogP contribution < -0.4 is 10.2 Å². The van der Waals surface area contributed by atoms with Crippen LogP contribution in [0.4, 0.5) is 10.5 Å². The minimum absolute atomic E-state index is 0.000857. The molecule has 7 heteroatoms. The second-order valence-corrected chi connectivity index (χ2v) is 9.10. The number of hydrogen-bond acceptors (Lipinski definition) is 5. The van der Waals surface area contributed by atoms with E-state index in [4.69, 9.17) is 0 Å². The maximum atomic E-state index is 12.9. The Morgan fingerprint density at radius 2 is 1.66 bits per heavy atom. The molecule has 0 radical (unpaired) electrons. The van der Waals surface area contributed by atoms with Gasteiger partial charge in [0, 0.05) is 23.5 Å². The molecule has 2 aliphatic rings. The molecule has 0 atom stereocenters. The number of carbonyl (C=O) groups excluding carboxylic acids is 1. The van der Waals surface area contributed by atoms with Gasteiger partial charge in [-0.1, -0.05) is 30.3 Å². The van der Waals surface area contributed by atoms with E-state index in [1.165, 1.54) is 5.56 Å². The highest BCUT2D eigenvalue weighted by Gasteiger charge is 2.50. The highest BCUT2D eigenvalue weighted by molar-refractivity contribution is 5.95. The van der Waals surface area contributed by atoms with E-state index >= 15 is 0 Å². The standard InChI is InChI=1S/C25H28N6O/c1-30(2)25(20-8-4-3-5-9-20)12-10-24(11-13-25)18-31(23(32)29-24)21-16-27-22(28-17-21)19-7-6-14-26-15-19/h3-9,14-17H,10-13,18H2,1-2H3,(H,29,32). The molecule has 2 fully saturated rings. The van der Waals surface area contributed by atoms with Gasteiger partial charge < -0.3 is 5.32 Å². The summed E-state index contributed by atoms with van der Waals surface area (Å²) in [6.45, 7) is 0.639. The molecule has 1 aliphatic heterocycles. The third-order valence-electron chi connectivity index (χ3n) is 7.15. The Labute approximate surface area is 188 Å². The van der Waals surface area contributed by atoms with Crippen LogP contribution in [0.15, 0.2) is 67.3 Å². The SMILES string of the molecule is CN(C)C1(c2ccccc2)CCC2(CC1)CN(c1cnc(-c3cccnc3)nc1)C(=O)N2. The van der Waals surface area contributed by atoms with E-state index in [9.17, 15) is 4.79 Å². The fraction of sp³-hybridized carbons (Fsp3) is 0.360. The van der Waals surface area contributed by atoms with Gasteiger partial charge in [-0.3, -0.25) is 14.8 Å². The van der Waals surface area contributed by atoms with Crippen molar-refractivity contribution in [2.24, 2.45) is 0 Å². The fourth-order valence-corrected chi connectivity index (χ4v) is 5.19. The second kappa shape index (κ2) is 7.98. The first kappa shape index (κ1) is 20.6. The number of hydrogen-bond donors (Lipinski definition) is 1. The summed E-state index contributed by atoms with van der Waals surface area (Å²) in [6, 6.07) is 14.4. The molecule has 1 saturated carbocycles. The molecule has 1 saturated heterocycles. The van der Waals surface area contributed by atoms with Crippen LogP contribution in [0.25, 0.3) is 11.4 Å². The number of anilines is 1. The molecular formula is C25H28N6O. The van der Waals surface area contributed by atoms with Crippen molar-refractivity contribution in [1.82, 2.24) is 25.2 Å². The quantitative estimate of drug-likeness (QED) is 0.684. The minimum Gasteiger partial charge on any atom is -0.330 e. The summed E-state index contributed by atoms with van der Waals surface area (Å²) in [5.41, 5.74) is 2.71. The van der Waals surface area contributed by atoms with E-state index in [0.717, 1.165) is 36.9 Å². The molecule has 1 aliphatic carbocycles. The van der Waals surface area contributed by atoms with Crippen LogP contribution in [-0.2, 0) is 5.54 Å². The predicted molar refractivity (Wildman–Crippen MR) is 124 cm³/mol. The van der Waals surface area contributed by atoms with Crippen LogP contribution in [-0.4, -0.2) is 52.1 Å². The molecule has 3 aromatic rings. The van der Waals surface area contributed by atoms with Crippen molar-refractivity contribution in [2.45, 2.75) is 36.8 Å². The summed E-state index contributed by atoms with van der Waals surface area (Å²) < 4.78 is 0. The second-order valence-electron chi connectivity index (χ2n) is 9.10. The van der Waals surface area contributed by atoms with Crippen LogP contribution in [0.5, 0.6) is 0 Å². The number of nitrogens with zero attached hydrogens (tertiary/aromatic N) is 5. The van der Waals surface area contributed by atoms with Gasteiger partial charge in [0.25, 0.3) is 0 Å².